The van der Waals surface area contributed by atoms with Gasteiger partial charge >= 0.3 is 11.9 Å². The Labute approximate surface area is 179 Å². The van der Waals surface area contributed by atoms with Crippen molar-refractivity contribution in [2.24, 2.45) is 0 Å². The van der Waals surface area contributed by atoms with Crippen molar-refractivity contribution in [1.29, 1.82) is 0 Å². The minimum absolute atomic E-state index is 0.229. The zero-order chi connectivity index (χ0) is 22.3. The Balaban J connectivity index is 3.61. The molecule has 0 bridgehead atoms. The number of hydrogen-bond acceptors (Lipinski definition) is 6. The van der Waals surface area contributed by atoms with Crippen molar-refractivity contribution in [3.05, 3.63) is 7.69 Å². The highest BCUT2D eigenvalue weighted by Crippen LogP contribution is 2.24. The molecular weight excluding hydrogens is 425 g/mol. The molecule has 0 aliphatic heterocycles. The fourth-order valence-corrected chi connectivity index (χ4v) is 11.1. The molecule has 1 rings (SSSR count). The quantitative estimate of drug-likeness (QED) is 0.489. The van der Waals surface area contributed by atoms with Crippen LogP contribution in [0.15, 0.2) is 0 Å². The van der Waals surface area contributed by atoms with Gasteiger partial charge in [0.15, 0.2) is 0 Å². The monoisotopic (exact) mass is 460 g/mol. The van der Waals surface area contributed by atoms with Crippen LogP contribution >= 0.6 is 22.7 Å². The Morgan fingerprint density at radius 3 is 1.07 bits per heavy atom. The molecule has 0 radical (unpaired) electrons. The summed E-state index contributed by atoms with van der Waals surface area (Å²) in [7, 11) is -3.84. The second-order valence-corrected chi connectivity index (χ2v) is 23.6. The van der Waals surface area contributed by atoms with E-state index in [2.05, 4.69) is 39.3 Å². The van der Waals surface area contributed by atoms with Crippen molar-refractivity contribution < 1.29 is 19.1 Å². The molecule has 4 nitrogen and oxygen atoms in total. The van der Waals surface area contributed by atoms with Crippen molar-refractivity contribution >= 4 is 61.2 Å². The van der Waals surface area contributed by atoms with E-state index in [-0.39, 0.29) is 11.9 Å². The van der Waals surface area contributed by atoms with Crippen LogP contribution in [0.5, 0.6) is 0 Å². The molecule has 0 aromatic carbocycles. The third-order valence-corrected chi connectivity index (χ3v) is 10.7. The van der Waals surface area contributed by atoms with Crippen LogP contribution < -0.4 is 7.69 Å². The van der Waals surface area contributed by atoms with E-state index in [9.17, 15) is 9.59 Å². The van der Waals surface area contributed by atoms with E-state index >= 15 is 0 Å². The summed E-state index contributed by atoms with van der Waals surface area (Å²) < 4.78 is 13.3. The molecule has 0 saturated heterocycles. The van der Waals surface area contributed by atoms with Gasteiger partial charge in [-0.25, -0.2) is 9.59 Å². The Morgan fingerprint density at radius 1 is 0.643 bits per heavy atom. The fourth-order valence-electron chi connectivity index (χ4n) is 2.43. The Hall–Kier alpha value is -0.706. The van der Waals surface area contributed by atoms with Gasteiger partial charge in [0.1, 0.15) is 11.2 Å². The maximum Gasteiger partial charge on any atom is 0.332 e. The van der Waals surface area contributed by atoms with E-state index in [0.717, 1.165) is 18.1 Å². The van der Waals surface area contributed by atoms with Crippen LogP contribution in [-0.2, 0) is 19.1 Å². The van der Waals surface area contributed by atoms with Crippen molar-refractivity contribution in [2.45, 2.75) is 92.0 Å². The van der Waals surface area contributed by atoms with Crippen LogP contribution in [-0.4, -0.2) is 39.3 Å². The first-order valence-corrected chi connectivity index (χ1v) is 18.2. The summed E-state index contributed by atoms with van der Waals surface area (Å²) in [6.45, 7) is 24.2. The summed E-state index contributed by atoms with van der Waals surface area (Å²) in [5.41, 5.74) is -1.05. The zero-order valence-electron chi connectivity index (χ0n) is 19.4. The first-order valence-electron chi connectivity index (χ1n) is 9.54. The van der Waals surface area contributed by atoms with Gasteiger partial charge in [-0.3, -0.25) is 0 Å². The molecule has 0 N–H and O–H groups in total. The van der Waals surface area contributed by atoms with Gasteiger partial charge in [-0.1, -0.05) is 39.3 Å². The molecule has 160 valence electrons. The Morgan fingerprint density at radius 2 is 0.893 bits per heavy atom. The SMILES string of the molecule is CC(C)(C)OC(=O)C(=c1sc(=C(C(=O)OC(C)(C)C)[Si](C)(C)C)s1)[Si](C)(C)C. The lowest BCUT2D eigenvalue weighted by atomic mass is 10.2. The number of carbonyl (C=O) groups excluding carboxylic acids is 2. The normalized spacial score (nSPS) is 13.3. The molecule has 0 amide bonds. The van der Waals surface area contributed by atoms with E-state index in [4.69, 9.17) is 9.47 Å². The molecule has 8 heteroatoms. The molecule has 1 heterocycles. The number of carbonyl (C=O) groups is 2. The zero-order valence-corrected chi connectivity index (χ0v) is 23.1. The fraction of sp³-hybridized carbons (Fsp3) is 0.700. The van der Waals surface area contributed by atoms with E-state index < -0.39 is 27.3 Å². The lowest BCUT2D eigenvalue weighted by Crippen LogP contribution is -2.41. The van der Waals surface area contributed by atoms with E-state index in [1.165, 1.54) is 0 Å². The van der Waals surface area contributed by atoms with Gasteiger partial charge in [-0.2, -0.15) is 0 Å². The summed E-state index contributed by atoms with van der Waals surface area (Å²) in [6.07, 6.45) is 0. The molecule has 1 aromatic heterocycles. The summed E-state index contributed by atoms with van der Waals surface area (Å²) in [4.78, 5) is 25.7. The number of rotatable bonds is 4. The molecule has 0 spiro atoms. The summed E-state index contributed by atoms with van der Waals surface area (Å²) in [5.74, 6) is -0.458. The molecular formula is C20H36O4S2Si2. The van der Waals surface area contributed by atoms with Crippen LogP contribution in [0, 0.1) is 0 Å². The summed E-state index contributed by atoms with van der Waals surface area (Å²) in [5, 5.41) is 1.61. The van der Waals surface area contributed by atoms with Gasteiger partial charge in [-0.15, -0.1) is 22.7 Å². The van der Waals surface area contributed by atoms with Crippen molar-refractivity contribution in [3.8, 4) is 0 Å². The van der Waals surface area contributed by atoms with Crippen molar-refractivity contribution in [3.63, 3.8) is 0 Å². The molecule has 0 atom stereocenters. The number of ether oxygens (including phenoxy) is 2. The van der Waals surface area contributed by atoms with Crippen LogP contribution in [0.2, 0.25) is 39.3 Å². The minimum atomic E-state index is -1.92. The second-order valence-electron chi connectivity index (χ2n) is 11.0. The predicted molar refractivity (Wildman–Crippen MR) is 127 cm³/mol. The predicted octanol–water partition coefficient (Wildman–Crippen LogP) is 4.55. The largest absolute Gasteiger partial charge is 0.457 e. The highest BCUT2D eigenvalue weighted by Gasteiger charge is 2.34. The molecule has 0 fully saturated rings. The van der Waals surface area contributed by atoms with Gasteiger partial charge < -0.3 is 9.47 Å². The van der Waals surface area contributed by atoms with Gasteiger partial charge in [0.25, 0.3) is 0 Å². The van der Waals surface area contributed by atoms with Crippen LogP contribution in [0.1, 0.15) is 41.5 Å². The Kier molecular flexibility index (Phi) is 7.42. The van der Waals surface area contributed by atoms with Crippen molar-refractivity contribution in [1.82, 2.24) is 0 Å². The van der Waals surface area contributed by atoms with E-state index in [1.807, 2.05) is 41.5 Å². The molecule has 28 heavy (non-hydrogen) atoms. The van der Waals surface area contributed by atoms with E-state index in [0.29, 0.717) is 0 Å². The number of hydrogen-bond donors (Lipinski definition) is 0. The topological polar surface area (TPSA) is 52.6 Å². The van der Waals surface area contributed by atoms with Gasteiger partial charge in [0.05, 0.1) is 23.8 Å². The third-order valence-electron chi connectivity index (χ3n) is 3.49. The standard InChI is InChI=1S/C20H36O4S2Si2/c1-19(2,3)23-15(21)13(27(7,8)9)17-25-18(26-17)14(28(10,11)12)16(22)24-20(4,5)6/h1-12H3. The molecule has 0 aliphatic carbocycles. The molecule has 0 unspecified atom stereocenters. The van der Waals surface area contributed by atoms with Gasteiger partial charge in [-0.05, 0) is 41.5 Å². The number of esters is 2. The summed E-state index contributed by atoms with van der Waals surface area (Å²) in [6, 6.07) is 0. The maximum absolute atomic E-state index is 12.9. The molecule has 0 aliphatic rings. The minimum Gasteiger partial charge on any atom is -0.457 e. The van der Waals surface area contributed by atoms with Gasteiger partial charge in [0, 0.05) is 10.4 Å². The average molecular weight is 461 g/mol. The molecule has 0 saturated carbocycles. The first-order chi connectivity index (χ1) is 12.2. The van der Waals surface area contributed by atoms with E-state index in [1.54, 1.807) is 22.7 Å². The van der Waals surface area contributed by atoms with Crippen LogP contribution in [0.3, 0.4) is 0 Å². The molecule has 1 aromatic rings. The van der Waals surface area contributed by atoms with Gasteiger partial charge in [0.2, 0.25) is 0 Å². The first kappa shape index (κ1) is 25.3. The maximum atomic E-state index is 12.9. The summed E-state index contributed by atoms with van der Waals surface area (Å²) >= 11 is 3.08. The lowest BCUT2D eigenvalue weighted by Gasteiger charge is -2.26. The lowest BCUT2D eigenvalue weighted by molar-refractivity contribution is -0.148. The van der Waals surface area contributed by atoms with Crippen molar-refractivity contribution in [2.75, 3.05) is 0 Å². The average Bonchev–Trinajstić information content (AvgIpc) is 2.27. The van der Waals surface area contributed by atoms with Crippen LogP contribution in [0.4, 0.5) is 0 Å². The third kappa shape index (κ3) is 7.28. The smallest absolute Gasteiger partial charge is 0.332 e. The van der Waals surface area contributed by atoms with Crippen LogP contribution in [0.25, 0.3) is 10.4 Å². The highest BCUT2D eigenvalue weighted by atomic mass is 32.2. The Bertz CT molecular complexity index is 765. The second kappa shape index (κ2) is 8.20. The highest BCUT2D eigenvalue weighted by molar-refractivity contribution is 7.38.